The van der Waals surface area contributed by atoms with Gasteiger partial charge in [0.05, 0.1) is 5.56 Å². The molecule has 1 heterocycles. The Hall–Kier alpha value is -3.14. The molecule has 1 amide bonds. The Kier molecular flexibility index (Phi) is 4.81. The summed E-state index contributed by atoms with van der Waals surface area (Å²) in [6, 6.07) is 16.7. The predicted molar refractivity (Wildman–Crippen MR) is 121 cm³/mol. The zero-order chi connectivity index (χ0) is 21.6. The van der Waals surface area contributed by atoms with Crippen LogP contribution in [0.15, 0.2) is 54.6 Å². The number of hydrogen-bond acceptors (Lipinski definition) is 2. The number of amides is 1. The van der Waals surface area contributed by atoms with Crippen molar-refractivity contribution in [2.45, 2.75) is 51.6 Å². The summed E-state index contributed by atoms with van der Waals surface area (Å²) in [5.74, 6) is 0.0644. The van der Waals surface area contributed by atoms with E-state index in [9.17, 15) is 9.18 Å². The molecule has 3 aromatic rings. The second kappa shape index (κ2) is 7.52. The summed E-state index contributed by atoms with van der Waals surface area (Å²) in [7, 11) is 0. The lowest BCUT2D eigenvalue weighted by molar-refractivity contribution is -0.0249. The molecular weight excluding hydrogens is 389 g/mol. The van der Waals surface area contributed by atoms with Crippen molar-refractivity contribution in [3.8, 4) is 16.9 Å². The monoisotopic (exact) mass is 415 g/mol. The van der Waals surface area contributed by atoms with Gasteiger partial charge in [0.15, 0.2) is 0 Å². The summed E-state index contributed by atoms with van der Waals surface area (Å²) in [6.07, 6.45) is 5.77. The van der Waals surface area contributed by atoms with Crippen LogP contribution in [-0.4, -0.2) is 11.5 Å². The minimum Gasteiger partial charge on any atom is -0.487 e. The van der Waals surface area contributed by atoms with E-state index in [2.05, 4.69) is 24.4 Å². The summed E-state index contributed by atoms with van der Waals surface area (Å²) >= 11 is 0. The van der Waals surface area contributed by atoms with Crippen LogP contribution in [0.5, 0.6) is 5.75 Å². The molecule has 5 rings (SSSR count). The molecule has 0 radical (unpaired) electrons. The zero-order valence-electron chi connectivity index (χ0n) is 17.9. The first-order valence-corrected chi connectivity index (χ1v) is 10.9. The van der Waals surface area contributed by atoms with E-state index in [1.54, 1.807) is 19.1 Å². The van der Waals surface area contributed by atoms with Gasteiger partial charge in [0.25, 0.3) is 5.91 Å². The van der Waals surface area contributed by atoms with E-state index in [-0.39, 0.29) is 11.2 Å². The van der Waals surface area contributed by atoms with Crippen LogP contribution in [0.25, 0.3) is 11.1 Å². The van der Waals surface area contributed by atoms with Gasteiger partial charge in [0.2, 0.25) is 0 Å². The number of halogens is 1. The zero-order valence-corrected chi connectivity index (χ0v) is 17.9. The van der Waals surface area contributed by atoms with Gasteiger partial charge in [-0.1, -0.05) is 30.3 Å². The number of fused-ring (bicyclic) bond motifs is 1. The minimum atomic E-state index is -0.511. The summed E-state index contributed by atoms with van der Waals surface area (Å²) < 4.78 is 20.5. The molecule has 158 valence electrons. The maximum absolute atomic E-state index is 14.1. The van der Waals surface area contributed by atoms with Crippen molar-refractivity contribution in [2.75, 3.05) is 5.32 Å². The van der Waals surface area contributed by atoms with Crippen LogP contribution in [0.2, 0.25) is 0 Å². The standard InChI is InChI=1S/C27H26FNO2/c1-17-5-3-6-23(28)25(17)26(30)29-21-9-7-19(8-10-21)22-16-24-20(15-18(22)2)11-14-27(31-24)12-4-13-27/h3,5-10,15-16H,4,11-14H2,1-2H3,(H,29,30). The fourth-order valence-electron chi connectivity index (χ4n) is 4.77. The van der Waals surface area contributed by atoms with Crippen molar-refractivity contribution in [3.05, 3.63) is 82.7 Å². The Balaban J connectivity index is 1.38. The van der Waals surface area contributed by atoms with Crippen molar-refractivity contribution in [3.63, 3.8) is 0 Å². The molecule has 0 bridgehead atoms. The molecule has 31 heavy (non-hydrogen) atoms. The predicted octanol–water partition coefficient (Wildman–Crippen LogP) is 6.61. The summed E-state index contributed by atoms with van der Waals surface area (Å²) in [4.78, 5) is 12.6. The highest BCUT2D eigenvalue weighted by Crippen LogP contribution is 2.46. The van der Waals surface area contributed by atoms with Crippen molar-refractivity contribution in [1.29, 1.82) is 0 Å². The number of nitrogens with one attached hydrogen (secondary N) is 1. The van der Waals surface area contributed by atoms with Gasteiger partial charge in [-0.05, 0) is 98.0 Å². The Morgan fingerprint density at radius 2 is 1.77 bits per heavy atom. The van der Waals surface area contributed by atoms with E-state index in [1.165, 1.54) is 23.6 Å². The maximum atomic E-state index is 14.1. The van der Waals surface area contributed by atoms with Crippen LogP contribution in [-0.2, 0) is 6.42 Å². The van der Waals surface area contributed by atoms with E-state index in [0.29, 0.717) is 11.3 Å². The summed E-state index contributed by atoms with van der Waals surface area (Å²) in [5, 5.41) is 2.81. The third kappa shape index (κ3) is 3.60. The Labute approximate surface area is 182 Å². The van der Waals surface area contributed by atoms with Crippen molar-refractivity contribution >= 4 is 11.6 Å². The Morgan fingerprint density at radius 1 is 1.00 bits per heavy atom. The number of carbonyl (C=O) groups excluding carboxylic acids is 1. The lowest BCUT2D eigenvalue weighted by atomic mass is 9.74. The first-order chi connectivity index (χ1) is 14.9. The number of benzene rings is 3. The number of aryl methyl sites for hydroxylation is 3. The van der Waals surface area contributed by atoms with Crippen LogP contribution < -0.4 is 10.1 Å². The SMILES string of the molecule is Cc1cc2c(cc1-c1ccc(NC(=O)c3c(C)cccc3F)cc1)OC1(CCC1)CC2. The van der Waals surface area contributed by atoms with E-state index < -0.39 is 11.7 Å². The number of ether oxygens (including phenoxy) is 1. The fourth-order valence-corrected chi connectivity index (χ4v) is 4.77. The van der Waals surface area contributed by atoms with Crippen LogP contribution in [0.3, 0.4) is 0 Å². The van der Waals surface area contributed by atoms with Gasteiger partial charge in [0.1, 0.15) is 17.2 Å². The molecule has 1 spiro atoms. The highest BCUT2D eigenvalue weighted by molar-refractivity contribution is 6.05. The molecule has 1 aliphatic carbocycles. The Morgan fingerprint density at radius 3 is 2.45 bits per heavy atom. The molecule has 2 aliphatic rings. The van der Waals surface area contributed by atoms with Crippen molar-refractivity contribution < 1.29 is 13.9 Å². The smallest absolute Gasteiger partial charge is 0.258 e. The average molecular weight is 416 g/mol. The van der Waals surface area contributed by atoms with Gasteiger partial charge in [-0.3, -0.25) is 4.79 Å². The molecule has 1 saturated carbocycles. The molecular formula is C27H26FNO2. The third-order valence-corrected chi connectivity index (χ3v) is 6.75. The topological polar surface area (TPSA) is 38.3 Å². The molecule has 0 atom stereocenters. The van der Waals surface area contributed by atoms with Crippen molar-refractivity contribution in [2.24, 2.45) is 0 Å². The molecule has 1 fully saturated rings. The molecule has 1 aliphatic heterocycles. The van der Waals surface area contributed by atoms with Gasteiger partial charge in [-0.2, -0.15) is 0 Å². The lowest BCUT2D eigenvalue weighted by Crippen LogP contribution is -2.45. The van der Waals surface area contributed by atoms with Crippen molar-refractivity contribution in [1.82, 2.24) is 0 Å². The Bertz CT molecular complexity index is 1140. The highest BCUT2D eigenvalue weighted by atomic mass is 19.1. The first kappa shape index (κ1) is 19.8. The molecule has 0 aromatic heterocycles. The number of hydrogen-bond donors (Lipinski definition) is 1. The van der Waals surface area contributed by atoms with Gasteiger partial charge >= 0.3 is 0 Å². The van der Waals surface area contributed by atoms with Crippen LogP contribution >= 0.6 is 0 Å². The maximum Gasteiger partial charge on any atom is 0.258 e. The summed E-state index contributed by atoms with van der Waals surface area (Å²) in [6.45, 7) is 3.86. The van der Waals surface area contributed by atoms with E-state index in [4.69, 9.17) is 4.74 Å². The minimum absolute atomic E-state index is 0.0680. The van der Waals surface area contributed by atoms with Gasteiger partial charge in [-0.15, -0.1) is 0 Å². The number of anilines is 1. The van der Waals surface area contributed by atoms with Crippen LogP contribution in [0.4, 0.5) is 10.1 Å². The van der Waals surface area contributed by atoms with Gasteiger partial charge in [0, 0.05) is 5.69 Å². The fraction of sp³-hybridized carbons (Fsp3) is 0.296. The van der Waals surface area contributed by atoms with E-state index in [0.717, 1.165) is 42.6 Å². The van der Waals surface area contributed by atoms with Crippen LogP contribution in [0.1, 0.15) is 52.7 Å². The molecule has 3 nitrogen and oxygen atoms in total. The van der Waals surface area contributed by atoms with Gasteiger partial charge < -0.3 is 10.1 Å². The first-order valence-electron chi connectivity index (χ1n) is 10.9. The quantitative estimate of drug-likeness (QED) is 0.523. The molecule has 1 N–H and O–H groups in total. The highest BCUT2D eigenvalue weighted by Gasteiger charge is 2.41. The van der Waals surface area contributed by atoms with Crippen LogP contribution in [0, 0.1) is 19.7 Å². The number of rotatable bonds is 3. The molecule has 0 unspecified atom stereocenters. The summed E-state index contributed by atoms with van der Waals surface area (Å²) in [5.41, 5.74) is 6.11. The average Bonchev–Trinajstić information content (AvgIpc) is 2.72. The largest absolute Gasteiger partial charge is 0.487 e. The second-order valence-electron chi connectivity index (χ2n) is 8.88. The second-order valence-corrected chi connectivity index (χ2v) is 8.88. The molecule has 0 saturated heterocycles. The van der Waals surface area contributed by atoms with E-state index in [1.807, 2.05) is 24.3 Å². The lowest BCUT2D eigenvalue weighted by Gasteiger charge is -2.45. The number of carbonyl (C=O) groups is 1. The molecule has 3 aromatic carbocycles. The van der Waals surface area contributed by atoms with E-state index >= 15 is 0 Å². The van der Waals surface area contributed by atoms with Gasteiger partial charge in [-0.25, -0.2) is 4.39 Å². The third-order valence-electron chi connectivity index (χ3n) is 6.75. The normalized spacial score (nSPS) is 16.2. The molecule has 4 heteroatoms.